The number of nitrogens with zero attached hydrogens (tertiary/aromatic N) is 5. The fourth-order valence-corrected chi connectivity index (χ4v) is 5.75. The van der Waals surface area contributed by atoms with Crippen molar-refractivity contribution in [2.45, 2.75) is 38.2 Å². The number of nitrogens with two attached hydrogens (primary N) is 1. The Kier molecular flexibility index (Phi) is 6.93. The van der Waals surface area contributed by atoms with E-state index in [0.29, 0.717) is 78.8 Å². The van der Waals surface area contributed by atoms with Crippen molar-refractivity contribution in [3.63, 3.8) is 0 Å². The number of fused-ring (bicyclic) bond motifs is 1. The average Bonchev–Trinajstić information content (AvgIpc) is 3.68. The van der Waals surface area contributed by atoms with Crippen molar-refractivity contribution in [1.82, 2.24) is 14.7 Å². The number of hydrogen-bond acceptors (Lipinski definition) is 9. The van der Waals surface area contributed by atoms with Crippen LogP contribution in [0.1, 0.15) is 52.6 Å². The minimum atomic E-state index is -0.814. The van der Waals surface area contributed by atoms with E-state index < -0.39 is 11.5 Å². The Labute approximate surface area is 236 Å². The number of pyridine rings is 1. The lowest BCUT2D eigenvalue weighted by Crippen LogP contribution is -2.38. The van der Waals surface area contributed by atoms with Crippen molar-refractivity contribution < 1.29 is 18.8 Å². The fourth-order valence-electron chi connectivity index (χ4n) is 5.75. The lowest BCUT2D eigenvalue weighted by Gasteiger charge is -2.34. The average molecular weight is 555 g/mol. The number of benzene rings is 2. The summed E-state index contributed by atoms with van der Waals surface area (Å²) in [6.07, 6.45) is 1.88. The van der Waals surface area contributed by atoms with Crippen LogP contribution in [0.25, 0.3) is 22.3 Å². The Morgan fingerprint density at radius 2 is 1.98 bits per heavy atom. The predicted octanol–water partition coefficient (Wildman–Crippen LogP) is 3.42. The first-order valence-corrected chi connectivity index (χ1v) is 13.6. The number of carbonyl (C=O) groups is 1. The number of hydrogen-bond donors (Lipinski definition) is 1. The Morgan fingerprint density at radius 3 is 2.66 bits per heavy atom. The number of aromatic nitrogens is 3. The van der Waals surface area contributed by atoms with E-state index in [1.807, 2.05) is 36.1 Å². The SMILES string of the molecule is Cc1ccccc1-c1noc(C2CCN(c3c(C(N)=O)c(=O)n(C)c4cc(OC5CCOC5)c(C#N)cc34)CC2)n1. The van der Waals surface area contributed by atoms with Gasteiger partial charge in [-0.15, -0.1) is 0 Å². The van der Waals surface area contributed by atoms with Gasteiger partial charge in [-0.2, -0.15) is 10.2 Å². The van der Waals surface area contributed by atoms with Crippen LogP contribution in [0.3, 0.4) is 0 Å². The predicted molar refractivity (Wildman–Crippen MR) is 151 cm³/mol. The van der Waals surface area contributed by atoms with E-state index in [2.05, 4.69) is 16.2 Å². The molecule has 2 aliphatic heterocycles. The molecule has 4 heterocycles. The number of anilines is 1. The molecule has 0 aliphatic carbocycles. The molecule has 0 spiro atoms. The first-order chi connectivity index (χ1) is 19.9. The Morgan fingerprint density at radius 1 is 1.20 bits per heavy atom. The van der Waals surface area contributed by atoms with E-state index in [1.165, 1.54) is 4.57 Å². The number of piperidine rings is 1. The summed E-state index contributed by atoms with van der Waals surface area (Å²) in [5.74, 6) is 0.709. The van der Waals surface area contributed by atoms with Crippen LogP contribution in [0.2, 0.25) is 0 Å². The van der Waals surface area contributed by atoms with Gasteiger partial charge in [-0.1, -0.05) is 29.4 Å². The Balaban J connectivity index is 1.34. The molecule has 1 amide bonds. The summed E-state index contributed by atoms with van der Waals surface area (Å²) in [6.45, 7) is 4.08. The van der Waals surface area contributed by atoms with E-state index in [1.54, 1.807) is 19.2 Å². The highest BCUT2D eigenvalue weighted by Crippen LogP contribution is 2.38. The van der Waals surface area contributed by atoms with Gasteiger partial charge in [0.15, 0.2) is 0 Å². The van der Waals surface area contributed by atoms with Crippen LogP contribution in [-0.4, -0.2) is 53.0 Å². The van der Waals surface area contributed by atoms with Gasteiger partial charge in [0.05, 0.1) is 30.0 Å². The number of rotatable bonds is 6. The van der Waals surface area contributed by atoms with Gasteiger partial charge in [0.25, 0.3) is 11.5 Å². The van der Waals surface area contributed by atoms with Gasteiger partial charge < -0.3 is 29.2 Å². The molecule has 2 fully saturated rings. The monoisotopic (exact) mass is 554 g/mol. The van der Waals surface area contributed by atoms with E-state index >= 15 is 0 Å². The molecule has 1 atom stereocenters. The van der Waals surface area contributed by atoms with Crippen LogP contribution in [0.4, 0.5) is 5.69 Å². The Hall–Kier alpha value is -4.69. The number of amides is 1. The molecule has 41 heavy (non-hydrogen) atoms. The largest absolute Gasteiger partial charge is 0.486 e. The van der Waals surface area contributed by atoms with Gasteiger partial charge in [-0.25, -0.2) is 0 Å². The molecule has 1 unspecified atom stereocenters. The van der Waals surface area contributed by atoms with Crippen molar-refractivity contribution in [3.05, 3.63) is 69.3 Å². The van der Waals surface area contributed by atoms with E-state index in [-0.39, 0.29) is 17.6 Å². The summed E-state index contributed by atoms with van der Waals surface area (Å²) in [6, 6.07) is 13.5. The number of aryl methyl sites for hydroxylation is 2. The van der Waals surface area contributed by atoms with Crippen LogP contribution < -0.4 is 20.9 Å². The second kappa shape index (κ2) is 10.7. The molecule has 11 nitrogen and oxygen atoms in total. The number of ether oxygens (including phenoxy) is 2. The minimum absolute atomic E-state index is 0.0228. The van der Waals surface area contributed by atoms with Crippen LogP contribution >= 0.6 is 0 Å². The van der Waals surface area contributed by atoms with Crippen molar-refractivity contribution in [2.75, 3.05) is 31.2 Å². The van der Waals surface area contributed by atoms with Gasteiger partial charge >= 0.3 is 0 Å². The lowest BCUT2D eigenvalue weighted by molar-refractivity contribution is 0.0999. The molecule has 6 rings (SSSR count). The summed E-state index contributed by atoms with van der Waals surface area (Å²) in [5.41, 5.74) is 8.45. The van der Waals surface area contributed by atoms with Gasteiger partial charge in [0.2, 0.25) is 11.7 Å². The second-order valence-corrected chi connectivity index (χ2v) is 10.6. The fraction of sp³-hybridized carbons (Fsp3) is 0.367. The molecule has 210 valence electrons. The highest BCUT2D eigenvalue weighted by atomic mass is 16.5. The molecule has 2 aliphatic rings. The zero-order valence-corrected chi connectivity index (χ0v) is 22.9. The van der Waals surface area contributed by atoms with Crippen molar-refractivity contribution >= 4 is 22.5 Å². The molecule has 4 aromatic rings. The summed E-state index contributed by atoms with van der Waals surface area (Å²) in [7, 11) is 1.59. The Bertz CT molecular complexity index is 1740. The molecule has 0 bridgehead atoms. The van der Waals surface area contributed by atoms with Crippen molar-refractivity contribution in [3.8, 4) is 23.2 Å². The van der Waals surface area contributed by atoms with E-state index in [4.69, 9.17) is 19.7 Å². The first kappa shape index (κ1) is 26.5. The van der Waals surface area contributed by atoms with Gasteiger partial charge in [-0.3, -0.25) is 9.59 Å². The molecule has 2 saturated heterocycles. The highest BCUT2D eigenvalue weighted by molar-refractivity contribution is 6.07. The molecule has 0 saturated carbocycles. The maximum absolute atomic E-state index is 13.4. The van der Waals surface area contributed by atoms with Crippen LogP contribution in [0.15, 0.2) is 45.7 Å². The van der Waals surface area contributed by atoms with E-state index in [0.717, 1.165) is 17.5 Å². The lowest BCUT2D eigenvalue weighted by atomic mass is 9.94. The molecule has 2 aromatic carbocycles. The maximum Gasteiger partial charge on any atom is 0.265 e. The van der Waals surface area contributed by atoms with Crippen LogP contribution in [0, 0.1) is 18.3 Å². The van der Waals surface area contributed by atoms with Gasteiger partial charge in [0, 0.05) is 49.5 Å². The third-order valence-electron chi connectivity index (χ3n) is 8.01. The first-order valence-electron chi connectivity index (χ1n) is 13.6. The number of carbonyl (C=O) groups excluding carboxylic acids is 1. The van der Waals surface area contributed by atoms with Crippen LogP contribution in [-0.2, 0) is 11.8 Å². The van der Waals surface area contributed by atoms with Gasteiger partial charge in [0.1, 0.15) is 23.5 Å². The summed E-state index contributed by atoms with van der Waals surface area (Å²) in [5, 5.41) is 14.8. The van der Waals surface area contributed by atoms with E-state index in [9.17, 15) is 14.9 Å². The maximum atomic E-state index is 13.4. The topological polar surface area (TPSA) is 150 Å². The summed E-state index contributed by atoms with van der Waals surface area (Å²) in [4.78, 5) is 32.7. The quantitative estimate of drug-likeness (QED) is 0.378. The summed E-state index contributed by atoms with van der Waals surface area (Å²) >= 11 is 0. The number of nitriles is 1. The van der Waals surface area contributed by atoms with Gasteiger partial charge in [-0.05, 0) is 31.4 Å². The third kappa shape index (κ3) is 4.80. The summed E-state index contributed by atoms with van der Waals surface area (Å²) < 4.78 is 18.5. The number of primary amides is 1. The molecular weight excluding hydrogens is 524 g/mol. The molecular formula is C30H30N6O5. The normalized spacial score (nSPS) is 17.6. The van der Waals surface area contributed by atoms with Crippen molar-refractivity contribution in [2.24, 2.45) is 12.8 Å². The zero-order chi connectivity index (χ0) is 28.7. The molecule has 2 aromatic heterocycles. The molecule has 2 N–H and O–H groups in total. The minimum Gasteiger partial charge on any atom is -0.486 e. The third-order valence-corrected chi connectivity index (χ3v) is 8.01. The molecule has 0 radical (unpaired) electrons. The standard InChI is InChI=1S/C30H30N6O5/c1-17-5-3-4-6-21(17)28-33-29(41-34-28)18-7-10-36(11-8-18)26-22-13-19(15-31)24(40-20-9-12-39-16-20)14-23(22)35(2)30(38)25(26)27(32)37/h3-6,13-14,18,20H,7-12,16H2,1-2H3,(H2,32,37). The highest BCUT2D eigenvalue weighted by Gasteiger charge is 2.31. The second-order valence-electron chi connectivity index (χ2n) is 10.6. The smallest absolute Gasteiger partial charge is 0.265 e. The van der Waals surface area contributed by atoms with Crippen molar-refractivity contribution in [1.29, 1.82) is 5.26 Å². The molecule has 11 heteroatoms. The van der Waals surface area contributed by atoms with Crippen LogP contribution in [0.5, 0.6) is 5.75 Å². The zero-order valence-electron chi connectivity index (χ0n) is 22.9.